The zero-order valence-corrected chi connectivity index (χ0v) is 23.3. The summed E-state index contributed by atoms with van der Waals surface area (Å²) in [4.78, 5) is 28.6. The minimum Gasteiger partial charge on any atom is -0.497 e. The highest BCUT2D eigenvalue weighted by Crippen LogP contribution is 2.28. The van der Waals surface area contributed by atoms with E-state index in [4.69, 9.17) is 4.74 Å². The normalized spacial score (nSPS) is 14.8. The Kier molecular flexibility index (Phi) is 9.78. The van der Waals surface area contributed by atoms with Crippen LogP contribution in [0.5, 0.6) is 5.75 Å². The van der Waals surface area contributed by atoms with E-state index in [9.17, 15) is 18.0 Å². The Labute approximate surface area is 222 Å². The van der Waals surface area contributed by atoms with Crippen molar-refractivity contribution in [3.63, 3.8) is 0 Å². The topological polar surface area (TPSA) is 96.0 Å². The third-order valence-electron chi connectivity index (χ3n) is 6.40. The van der Waals surface area contributed by atoms with Crippen LogP contribution in [0.15, 0.2) is 53.0 Å². The molecule has 0 saturated heterocycles. The number of methoxy groups -OCH3 is 1. The van der Waals surface area contributed by atoms with Crippen LogP contribution >= 0.6 is 15.9 Å². The predicted molar refractivity (Wildman–Crippen MR) is 144 cm³/mol. The first kappa shape index (κ1) is 28.0. The van der Waals surface area contributed by atoms with E-state index in [-0.39, 0.29) is 18.5 Å². The first-order valence-electron chi connectivity index (χ1n) is 12.1. The zero-order chi connectivity index (χ0) is 26.3. The zero-order valence-electron chi connectivity index (χ0n) is 20.9. The van der Waals surface area contributed by atoms with Gasteiger partial charge < -0.3 is 15.0 Å². The number of ether oxygens (including phenoxy) is 1. The summed E-state index contributed by atoms with van der Waals surface area (Å²) in [6, 6.07) is 13.5. The van der Waals surface area contributed by atoms with Gasteiger partial charge in [0.2, 0.25) is 21.8 Å². The van der Waals surface area contributed by atoms with Crippen LogP contribution in [-0.2, 0) is 26.2 Å². The lowest BCUT2D eigenvalue weighted by atomic mass is 10.1. The van der Waals surface area contributed by atoms with Crippen LogP contribution in [0.1, 0.15) is 44.6 Å². The third-order valence-corrected chi connectivity index (χ3v) is 8.20. The number of rotatable bonds is 11. The first-order valence-corrected chi connectivity index (χ1v) is 14.7. The number of hydrogen-bond acceptors (Lipinski definition) is 5. The van der Waals surface area contributed by atoms with Crippen LogP contribution < -0.4 is 14.4 Å². The lowest BCUT2D eigenvalue weighted by molar-refractivity contribution is -0.140. The van der Waals surface area contributed by atoms with E-state index in [2.05, 4.69) is 21.2 Å². The van der Waals surface area contributed by atoms with E-state index < -0.39 is 28.5 Å². The number of carbonyl (C=O) groups is 2. The van der Waals surface area contributed by atoms with Crippen molar-refractivity contribution < 1.29 is 22.7 Å². The van der Waals surface area contributed by atoms with E-state index >= 15 is 0 Å². The summed E-state index contributed by atoms with van der Waals surface area (Å²) < 4.78 is 32.3. The Hall–Kier alpha value is -2.59. The van der Waals surface area contributed by atoms with Crippen LogP contribution in [0.2, 0.25) is 0 Å². The number of benzene rings is 2. The smallest absolute Gasteiger partial charge is 0.244 e. The number of nitrogens with zero attached hydrogens (tertiary/aromatic N) is 2. The SMILES string of the molecule is CCC(C(=O)NC1CCCC1)N(Cc1ccc(OC)cc1)C(=O)CN(c1ccccc1Br)S(C)(=O)=O. The van der Waals surface area contributed by atoms with Gasteiger partial charge in [0.05, 0.1) is 19.1 Å². The van der Waals surface area contributed by atoms with E-state index in [1.807, 2.05) is 19.1 Å². The maximum absolute atomic E-state index is 13.8. The quantitative estimate of drug-likeness (QED) is 0.432. The van der Waals surface area contributed by atoms with Gasteiger partial charge in [0.25, 0.3) is 0 Å². The molecule has 1 fully saturated rings. The molecule has 2 aromatic carbocycles. The Morgan fingerprint density at radius 1 is 1.11 bits per heavy atom. The molecule has 36 heavy (non-hydrogen) atoms. The highest BCUT2D eigenvalue weighted by molar-refractivity contribution is 9.10. The molecule has 10 heteroatoms. The Balaban J connectivity index is 1.92. The Bertz CT molecular complexity index is 1150. The van der Waals surface area contributed by atoms with Crippen molar-refractivity contribution in [3.05, 3.63) is 58.6 Å². The van der Waals surface area contributed by atoms with Gasteiger partial charge in [0, 0.05) is 17.1 Å². The highest BCUT2D eigenvalue weighted by Gasteiger charge is 2.33. The molecular weight excluding hydrogens is 546 g/mol. The molecule has 0 bridgehead atoms. The second kappa shape index (κ2) is 12.6. The van der Waals surface area contributed by atoms with Crippen LogP contribution in [0.4, 0.5) is 5.69 Å². The molecule has 8 nitrogen and oxygen atoms in total. The van der Waals surface area contributed by atoms with Gasteiger partial charge in [-0.3, -0.25) is 13.9 Å². The lowest BCUT2D eigenvalue weighted by Crippen LogP contribution is -2.53. The van der Waals surface area contributed by atoms with Gasteiger partial charge in [0.1, 0.15) is 18.3 Å². The molecule has 0 radical (unpaired) electrons. The van der Waals surface area contributed by atoms with Gasteiger partial charge in [-0.15, -0.1) is 0 Å². The maximum Gasteiger partial charge on any atom is 0.244 e. The molecule has 0 aliphatic heterocycles. The summed E-state index contributed by atoms with van der Waals surface area (Å²) in [6.45, 7) is 1.59. The average Bonchev–Trinajstić information content (AvgIpc) is 3.35. The number of sulfonamides is 1. The molecule has 1 atom stereocenters. The fourth-order valence-corrected chi connectivity index (χ4v) is 5.94. The minimum absolute atomic E-state index is 0.109. The molecule has 1 aliphatic carbocycles. The van der Waals surface area contributed by atoms with Crippen LogP contribution in [-0.4, -0.2) is 57.1 Å². The molecule has 2 amide bonds. The van der Waals surface area contributed by atoms with Crippen molar-refractivity contribution in [2.75, 3.05) is 24.2 Å². The second-order valence-corrected chi connectivity index (χ2v) is 11.8. The van der Waals surface area contributed by atoms with Crippen molar-refractivity contribution in [2.24, 2.45) is 0 Å². The van der Waals surface area contributed by atoms with Crippen LogP contribution in [0.3, 0.4) is 0 Å². The van der Waals surface area contributed by atoms with Gasteiger partial charge in [-0.05, 0) is 65.0 Å². The van der Waals surface area contributed by atoms with Crippen molar-refractivity contribution in [1.82, 2.24) is 10.2 Å². The molecule has 0 aromatic heterocycles. The summed E-state index contributed by atoms with van der Waals surface area (Å²) in [5.41, 5.74) is 1.17. The van der Waals surface area contributed by atoms with Gasteiger partial charge in [-0.2, -0.15) is 0 Å². The molecule has 2 aromatic rings. The highest BCUT2D eigenvalue weighted by atomic mass is 79.9. The maximum atomic E-state index is 13.8. The van der Waals surface area contributed by atoms with Crippen LogP contribution in [0.25, 0.3) is 0 Å². The molecule has 1 N–H and O–H groups in total. The number of carbonyl (C=O) groups excluding carboxylic acids is 2. The molecular formula is C26H34BrN3O5S. The minimum atomic E-state index is -3.78. The monoisotopic (exact) mass is 579 g/mol. The van der Waals surface area contributed by atoms with Crippen molar-refractivity contribution in [2.45, 2.75) is 57.7 Å². The lowest BCUT2D eigenvalue weighted by Gasteiger charge is -2.33. The summed E-state index contributed by atoms with van der Waals surface area (Å²) in [6.07, 6.45) is 5.47. The van der Waals surface area contributed by atoms with Gasteiger partial charge in [-0.1, -0.05) is 44.0 Å². The Morgan fingerprint density at radius 2 is 1.75 bits per heavy atom. The molecule has 1 unspecified atom stereocenters. The number of amides is 2. The van der Waals surface area contributed by atoms with Gasteiger partial charge >= 0.3 is 0 Å². The summed E-state index contributed by atoms with van der Waals surface area (Å²) in [5.74, 6) is 0.0123. The summed E-state index contributed by atoms with van der Waals surface area (Å²) in [7, 11) is -2.21. The number of anilines is 1. The summed E-state index contributed by atoms with van der Waals surface area (Å²) >= 11 is 3.39. The van der Waals surface area contributed by atoms with E-state index in [1.165, 1.54) is 4.90 Å². The van der Waals surface area contributed by atoms with E-state index in [0.29, 0.717) is 22.3 Å². The third kappa shape index (κ3) is 7.22. The van der Waals surface area contributed by atoms with Crippen LogP contribution in [0, 0.1) is 0 Å². The number of hydrogen-bond donors (Lipinski definition) is 1. The predicted octanol–water partition coefficient (Wildman–Crippen LogP) is 4.09. The van der Waals surface area contributed by atoms with Crippen molar-refractivity contribution in [1.29, 1.82) is 0 Å². The fraction of sp³-hybridized carbons (Fsp3) is 0.462. The molecule has 0 spiro atoms. The largest absolute Gasteiger partial charge is 0.497 e. The molecule has 0 heterocycles. The number of halogens is 1. The summed E-state index contributed by atoms with van der Waals surface area (Å²) in [5, 5.41) is 3.10. The average molecular weight is 581 g/mol. The number of nitrogens with one attached hydrogen (secondary N) is 1. The van der Waals surface area contributed by atoms with Gasteiger partial charge in [-0.25, -0.2) is 8.42 Å². The first-order chi connectivity index (χ1) is 17.1. The standard InChI is InChI=1S/C26H34BrN3O5S/c1-4-23(26(32)28-20-9-5-6-10-20)29(17-19-13-15-21(35-2)16-14-19)25(31)18-30(36(3,33)34)24-12-8-7-11-22(24)27/h7-8,11-16,20,23H,4-6,9-10,17-18H2,1-3H3,(H,28,32). The molecule has 3 rings (SSSR count). The number of para-hydroxylation sites is 1. The van der Waals surface area contributed by atoms with E-state index in [1.54, 1.807) is 43.5 Å². The van der Waals surface area contributed by atoms with Gasteiger partial charge in [0.15, 0.2) is 0 Å². The fourth-order valence-electron chi connectivity index (χ4n) is 4.46. The van der Waals surface area contributed by atoms with Crippen molar-refractivity contribution >= 4 is 43.5 Å². The molecule has 196 valence electrons. The van der Waals surface area contributed by atoms with E-state index in [0.717, 1.165) is 41.8 Å². The van der Waals surface area contributed by atoms with Crippen molar-refractivity contribution in [3.8, 4) is 5.75 Å². The molecule has 1 saturated carbocycles. The second-order valence-electron chi connectivity index (χ2n) is 9.00. The Morgan fingerprint density at radius 3 is 2.31 bits per heavy atom. The molecule has 1 aliphatic rings.